The molecule has 56 heteroatoms. The number of hydrogen-bond acceptors (Lipinski definition) is 31. The molecule has 0 aromatic heterocycles. The molecule has 34 N–H and O–H groups in total. The number of rotatable bonds is 70. The van der Waals surface area contributed by atoms with Gasteiger partial charge < -0.3 is 165 Å². The Labute approximate surface area is 850 Å². The minimum absolute atomic E-state index is 0.00354. The highest BCUT2D eigenvalue weighted by atomic mass is 16.4. The monoisotopic (exact) mass is 2100 g/mol. The molecule has 0 radical (unpaired) electrons. The van der Waals surface area contributed by atoms with Crippen LogP contribution in [0.1, 0.15) is 218 Å². The van der Waals surface area contributed by atoms with Gasteiger partial charge in [-0.15, -0.1) is 0 Å². The lowest BCUT2D eigenvalue weighted by molar-refractivity contribution is -0.143. The van der Waals surface area contributed by atoms with E-state index in [-0.39, 0.29) is 108 Å². The number of nitrogens with one attached hydrogen (secondary N) is 17. The van der Waals surface area contributed by atoms with E-state index in [1.165, 1.54) is 13.8 Å². The lowest BCUT2D eigenvalue weighted by Gasteiger charge is -2.31. The van der Waals surface area contributed by atoms with Crippen molar-refractivity contribution in [3.05, 3.63) is 0 Å². The van der Waals surface area contributed by atoms with Crippen molar-refractivity contribution in [3.63, 3.8) is 0 Å². The Balaban J connectivity index is 2.30. The highest BCUT2D eigenvalue weighted by Gasteiger charge is 2.44. The SMILES string of the molecule is CC(C)C[C@H](NC(=O)[C@H](CO)NC(=O)[C@H](CC(C)C)NC(=O)[C@H](CO)NC(=O)[C@H](CCC(N)=O)NC(=O)[C@H](CO)NC(=O)[C@@H]1CCCN1C(=O)[C@H](CCCCN)NC(=O)[C@@H](NC(=O)[C@H](CC(C)C)NC(=O)CNC(=O)[C@@H]1CCCN1C(=O)CNC(=O)[C@H](CO)NC(=O)[C@H](CCC(=O)O)NC(=O)[C@H](CCC(N)=O)NC(=O)[C@H](CC(C)C)NC(=O)[C@H](CCC(N)=O)NC(=O)[C@@H](NC(=O)[C@@H](N)CCC(=O)O)C(C)C)C(C)C)C(=O)O. The number of carboxylic acid groups (broad SMARTS) is 3. The third-order valence-corrected chi connectivity index (χ3v) is 23.5. The van der Waals surface area contributed by atoms with E-state index in [2.05, 4.69) is 90.4 Å². The quantitative estimate of drug-likeness (QED) is 0.0251. The number of aliphatic hydroxyl groups is 4. The van der Waals surface area contributed by atoms with Crippen molar-refractivity contribution in [2.45, 2.75) is 327 Å². The van der Waals surface area contributed by atoms with Crippen LogP contribution in [0.3, 0.4) is 0 Å². The number of nitrogens with two attached hydrogens (primary N) is 5. The zero-order valence-electron chi connectivity index (χ0n) is 85.2. The number of aliphatic hydroxyl groups excluding tert-OH is 4. The molecule has 147 heavy (non-hydrogen) atoms. The largest absolute Gasteiger partial charge is 0.481 e. The summed E-state index contributed by atoms with van der Waals surface area (Å²) in [6.07, 6.45) is -5.10. The number of hydrogen-bond donors (Lipinski definition) is 29. The van der Waals surface area contributed by atoms with Crippen LogP contribution in [0.15, 0.2) is 0 Å². The highest BCUT2D eigenvalue weighted by molar-refractivity contribution is 6.03. The maximum atomic E-state index is 14.8. The fraction of sp³-hybridized carbons (Fsp3) is 0.725. The van der Waals surface area contributed by atoms with Crippen LogP contribution in [0.5, 0.6) is 0 Å². The van der Waals surface area contributed by atoms with Gasteiger partial charge in [-0.25, -0.2) is 4.79 Å². The number of unbranched alkanes of at least 4 members (excludes halogenated alkanes) is 1. The van der Waals surface area contributed by atoms with Crippen molar-refractivity contribution >= 4 is 148 Å². The molecular weight excluding hydrogens is 1940 g/mol. The zero-order valence-corrected chi connectivity index (χ0v) is 85.2. The van der Waals surface area contributed by atoms with Crippen LogP contribution >= 0.6 is 0 Å². The Morgan fingerprint density at radius 3 is 0.986 bits per heavy atom. The number of carbonyl (C=O) groups is 25. The molecular formula is C91H154N24O32. The maximum Gasteiger partial charge on any atom is 0.326 e. The molecule has 0 aromatic carbocycles. The third-order valence-electron chi connectivity index (χ3n) is 23.5. The molecule has 2 aliphatic rings. The minimum Gasteiger partial charge on any atom is -0.481 e. The second-order valence-electron chi connectivity index (χ2n) is 38.5. The number of nitrogens with zero attached hydrogens (tertiary/aromatic N) is 2. The summed E-state index contributed by atoms with van der Waals surface area (Å²) in [5.74, 6) is -29.6. The Morgan fingerprint density at radius 2 is 0.612 bits per heavy atom. The van der Waals surface area contributed by atoms with E-state index in [4.69, 9.17) is 33.8 Å². The molecule has 2 rings (SSSR count). The fourth-order valence-corrected chi connectivity index (χ4v) is 15.5. The van der Waals surface area contributed by atoms with Crippen molar-refractivity contribution in [2.24, 2.45) is 64.2 Å². The van der Waals surface area contributed by atoms with Gasteiger partial charge in [0.05, 0.1) is 45.6 Å². The number of carboxylic acids is 3. The van der Waals surface area contributed by atoms with Gasteiger partial charge in [0.15, 0.2) is 0 Å². The van der Waals surface area contributed by atoms with Crippen molar-refractivity contribution in [3.8, 4) is 0 Å². The van der Waals surface area contributed by atoms with E-state index < -0.39 is 372 Å². The Hall–Kier alpha value is -13.5. The molecule has 0 spiro atoms. The summed E-state index contributed by atoms with van der Waals surface area (Å²) < 4.78 is 0. The van der Waals surface area contributed by atoms with Crippen LogP contribution in [-0.4, -0.2) is 361 Å². The maximum absolute atomic E-state index is 14.8. The van der Waals surface area contributed by atoms with E-state index in [1.54, 1.807) is 69.2 Å². The Bertz CT molecular complexity index is 4540. The lowest BCUT2D eigenvalue weighted by Crippen LogP contribution is -2.61. The normalized spacial score (nSPS) is 16.7. The predicted molar refractivity (Wildman–Crippen MR) is 518 cm³/mol. The van der Waals surface area contributed by atoms with Crippen molar-refractivity contribution in [1.29, 1.82) is 0 Å². The summed E-state index contributed by atoms with van der Waals surface area (Å²) >= 11 is 0. The average molecular weight is 2100 g/mol. The summed E-state index contributed by atoms with van der Waals surface area (Å²) in [5.41, 5.74) is 27.9. The molecule has 56 nitrogen and oxygen atoms in total. The van der Waals surface area contributed by atoms with E-state index in [0.717, 1.165) is 9.80 Å². The smallest absolute Gasteiger partial charge is 0.326 e. The van der Waals surface area contributed by atoms with Crippen LogP contribution in [0, 0.1) is 35.5 Å². The van der Waals surface area contributed by atoms with Gasteiger partial charge in [0.1, 0.15) is 103 Å². The molecule has 2 heterocycles. The lowest BCUT2D eigenvalue weighted by atomic mass is 9.99. The summed E-state index contributed by atoms with van der Waals surface area (Å²) in [5, 5.41) is 110. The highest BCUT2D eigenvalue weighted by Crippen LogP contribution is 2.23. The van der Waals surface area contributed by atoms with Crippen LogP contribution in [0.2, 0.25) is 0 Å². The van der Waals surface area contributed by atoms with Crippen LogP contribution in [0.4, 0.5) is 0 Å². The zero-order chi connectivity index (χ0) is 112. The van der Waals surface area contributed by atoms with E-state index in [1.807, 2.05) is 0 Å². The molecule has 0 aliphatic carbocycles. The predicted octanol–water partition coefficient (Wildman–Crippen LogP) is -11.0. The summed E-state index contributed by atoms with van der Waals surface area (Å²) in [7, 11) is 0. The second-order valence-corrected chi connectivity index (χ2v) is 38.5. The fourth-order valence-electron chi connectivity index (χ4n) is 15.5. The molecule has 18 atom stereocenters. The van der Waals surface area contributed by atoms with E-state index in [0.29, 0.717) is 6.42 Å². The third kappa shape index (κ3) is 47.3. The number of carbonyl (C=O) groups excluding carboxylic acids is 22. The summed E-state index contributed by atoms with van der Waals surface area (Å²) in [6.45, 7) is 13.4. The van der Waals surface area contributed by atoms with Crippen molar-refractivity contribution in [1.82, 2.24) is 100 Å². The summed E-state index contributed by atoms with van der Waals surface area (Å²) in [6, 6.07) is -28.7. The van der Waals surface area contributed by atoms with Crippen molar-refractivity contribution < 1.29 is 156 Å². The first-order chi connectivity index (χ1) is 68.8. The topological polar surface area (TPSA) is 909 Å². The van der Waals surface area contributed by atoms with Gasteiger partial charge >= 0.3 is 17.9 Å². The van der Waals surface area contributed by atoms with Crippen LogP contribution in [-0.2, 0) is 120 Å². The molecule has 0 aromatic rings. The Morgan fingerprint density at radius 1 is 0.306 bits per heavy atom. The molecule has 22 amide bonds. The number of primary amides is 3. The number of amides is 22. The molecule has 2 aliphatic heterocycles. The Kier molecular flexibility index (Phi) is 58.1. The van der Waals surface area contributed by atoms with Gasteiger partial charge in [-0.05, 0) is 145 Å². The van der Waals surface area contributed by atoms with Gasteiger partial charge in [-0.1, -0.05) is 83.1 Å². The molecule has 0 bridgehead atoms. The van der Waals surface area contributed by atoms with Gasteiger partial charge in [-0.3, -0.25) is 115 Å². The first-order valence-corrected chi connectivity index (χ1v) is 49.0. The summed E-state index contributed by atoms with van der Waals surface area (Å²) in [4.78, 5) is 338. The molecule has 2 fully saturated rings. The van der Waals surface area contributed by atoms with Crippen LogP contribution in [0.25, 0.3) is 0 Å². The van der Waals surface area contributed by atoms with Gasteiger partial charge in [0.2, 0.25) is 130 Å². The molecule has 0 saturated carbocycles. The molecule has 0 unspecified atom stereocenters. The molecule has 830 valence electrons. The second kappa shape index (κ2) is 65.9. The first-order valence-electron chi connectivity index (χ1n) is 49.0. The first kappa shape index (κ1) is 130. The van der Waals surface area contributed by atoms with Gasteiger partial charge in [0, 0.05) is 45.2 Å². The van der Waals surface area contributed by atoms with Crippen molar-refractivity contribution in [2.75, 3.05) is 59.2 Å². The minimum atomic E-state index is -1.94. The standard InChI is InChI=1S/C91H154N24O32/c1-43(2)33-55(82(137)113-73(48(11)12)89(144)104-54(17-13-14-30-92)90(145)115-32-16-19-64(115)87(142)111-62(42-119)83(138)102-51(22-26-66(95)121)78(133)109-60(40-117)84(139)106-57(35-45(5)6)81(136)110-61(41-118)85(140)107-58(91(146)147)36-46(7)8)99-68(123)37-97-86(141)63-18-15-31-114(63)69(124)38-98-75(130)59(39-116)108-79(134)53(24-29-71(127)128)100-76(131)50(21-25-65(94)120)101-80(135)56(34-44(3)4)105-77(132)52(23-27-67(96)122)103-88(143)72(47(9)10)112-74(129)49(93)20-28-70(125)126/h43-64,72-73,116-119H,13-42,92-93H2,1-12H3,(H2,94,120)(H2,95,121)(H2,96,122)(H,97,141)(H,98,130)(H,99,123)(H,100,131)(H,101,135)(H,102,138)(H,103,143)(H,104,144)(H,105,132)(H,106,139)(H,107,140)(H,108,134)(H,109,133)(H,110,136)(H,111,142)(H,112,129)(H,113,137)(H,125,126)(H,127,128)(H,146,147)/t49-,50-,51-,52-,53-,54-,55-,56-,57-,58-,59-,60-,61-,62-,63-,64-,72-,73-/m0/s1. The van der Waals surface area contributed by atoms with E-state index >= 15 is 0 Å². The van der Waals surface area contributed by atoms with E-state index in [9.17, 15) is 151 Å². The number of aliphatic carboxylic acids is 3. The van der Waals surface area contributed by atoms with Gasteiger partial charge in [-0.2, -0.15) is 0 Å². The molecule has 2 saturated heterocycles. The van der Waals surface area contributed by atoms with Gasteiger partial charge in [0.25, 0.3) is 0 Å². The number of likely N-dealkylation sites (tertiary alicyclic amines) is 2. The van der Waals surface area contributed by atoms with Crippen LogP contribution < -0.4 is 119 Å². The average Bonchev–Trinajstić information content (AvgIpc) is 1.64.